The van der Waals surface area contributed by atoms with Crippen LogP contribution < -0.4 is 0 Å². The van der Waals surface area contributed by atoms with Crippen LogP contribution in [0, 0.1) is 5.92 Å². The Labute approximate surface area is 115 Å². The van der Waals surface area contributed by atoms with E-state index >= 15 is 0 Å². The number of rotatable bonds is 1. The first-order valence-corrected chi connectivity index (χ1v) is 6.39. The first kappa shape index (κ1) is 12.7. The molecule has 0 radical (unpaired) electrons. The number of ketones is 1. The standard InChI is InChI=1S/C15H14O5/c16-9-3-1-8(2-4-9)13-7-12(19)15-11(18)5-10(17)6-14(15)20-13/h1-4,6-7,11,14-18H,5H2/p+2. The van der Waals surface area contributed by atoms with Crippen LogP contribution in [0.1, 0.15) is 12.0 Å². The Morgan fingerprint density at radius 3 is 2.60 bits per heavy atom. The molecule has 1 aliphatic heterocycles. The van der Waals surface area contributed by atoms with E-state index in [1.165, 1.54) is 6.08 Å². The number of aliphatic hydroxyl groups is 1. The minimum atomic E-state index is -0.863. The topological polar surface area (TPSA) is 92.3 Å². The summed E-state index contributed by atoms with van der Waals surface area (Å²) in [6.45, 7) is 0. The number of benzene rings is 1. The van der Waals surface area contributed by atoms with Crippen molar-refractivity contribution in [3.05, 3.63) is 47.7 Å². The molecule has 1 aliphatic carbocycles. The highest BCUT2D eigenvalue weighted by Gasteiger charge is 2.42. The Hall–Kier alpha value is -2.27. The molecule has 0 spiro atoms. The lowest BCUT2D eigenvalue weighted by Crippen LogP contribution is -2.43. The summed E-state index contributed by atoms with van der Waals surface area (Å²) >= 11 is 0. The Bertz CT molecular complexity index is 599. The SMILES string of the molecule is O=C1C=C(c2ccc([OH2+])cc2)OC2C=C([OH2+])CC(O)C12. The Morgan fingerprint density at radius 1 is 1.20 bits per heavy atom. The molecule has 1 aromatic rings. The van der Waals surface area contributed by atoms with Gasteiger partial charge >= 0.3 is 0 Å². The van der Waals surface area contributed by atoms with Crippen molar-refractivity contribution < 1.29 is 24.9 Å². The molecule has 5 nitrogen and oxygen atoms in total. The van der Waals surface area contributed by atoms with Crippen LogP contribution in [0.2, 0.25) is 0 Å². The summed E-state index contributed by atoms with van der Waals surface area (Å²) in [5.74, 6) is 0.297. The van der Waals surface area contributed by atoms with Crippen molar-refractivity contribution in [3.8, 4) is 5.75 Å². The highest BCUT2D eigenvalue weighted by molar-refractivity contribution is 5.99. The molecule has 3 unspecified atom stereocenters. The largest absolute Gasteiger partial charge is 0.596 e. The molecule has 3 atom stereocenters. The average molecular weight is 276 g/mol. The minimum Gasteiger partial charge on any atom is -0.596 e. The van der Waals surface area contributed by atoms with E-state index in [1.54, 1.807) is 30.3 Å². The van der Waals surface area contributed by atoms with Crippen molar-refractivity contribution in [1.82, 2.24) is 0 Å². The van der Waals surface area contributed by atoms with Crippen LogP contribution in [0.4, 0.5) is 0 Å². The van der Waals surface area contributed by atoms with Crippen molar-refractivity contribution in [2.75, 3.05) is 0 Å². The molecule has 0 saturated heterocycles. The van der Waals surface area contributed by atoms with Crippen molar-refractivity contribution in [3.63, 3.8) is 0 Å². The van der Waals surface area contributed by atoms with Gasteiger partial charge in [-0.15, -0.1) is 0 Å². The van der Waals surface area contributed by atoms with Crippen LogP contribution in [-0.4, -0.2) is 33.3 Å². The van der Waals surface area contributed by atoms with Crippen molar-refractivity contribution >= 4 is 11.5 Å². The Balaban J connectivity index is 1.95. The second-order valence-corrected chi connectivity index (χ2v) is 5.06. The van der Waals surface area contributed by atoms with E-state index in [9.17, 15) is 9.90 Å². The predicted octanol–water partition coefficient (Wildman–Crippen LogP) is 0.423. The van der Waals surface area contributed by atoms with Gasteiger partial charge in [-0.25, -0.2) is 0 Å². The number of carbonyl (C=O) groups is 1. The van der Waals surface area contributed by atoms with Gasteiger partial charge < -0.3 is 20.1 Å². The predicted molar refractivity (Wildman–Crippen MR) is 73.2 cm³/mol. The number of aliphatic hydroxyl groups excluding tert-OH is 1. The van der Waals surface area contributed by atoms with E-state index in [4.69, 9.17) is 14.9 Å². The molecular weight excluding hydrogens is 260 g/mol. The van der Waals surface area contributed by atoms with Crippen LogP contribution in [0.3, 0.4) is 0 Å². The molecule has 0 amide bonds. The molecule has 20 heavy (non-hydrogen) atoms. The van der Waals surface area contributed by atoms with Crippen LogP contribution in [-0.2, 0) is 9.53 Å². The molecule has 0 aromatic heterocycles. The van der Waals surface area contributed by atoms with Crippen LogP contribution in [0.15, 0.2) is 42.2 Å². The average Bonchev–Trinajstić information content (AvgIpc) is 2.38. The monoisotopic (exact) mass is 276 g/mol. The summed E-state index contributed by atoms with van der Waals surface area (Å²) in [5.41, 5.74) is 0.716. The molecule has 5 heteroatoms. The summed E-state index contributed by atoms with van der Waals surface area (Å²) < 4.78 is 5.75. The maximum Gasteiger partial charge on any atom is 0.253 e. The fourth-order valence-corrected chi connectivity index (χ4v) is 2.59. The van der Waals surface area contributed by atoms with E-state index in [2.05, 4.69) is 0 Å². The number of hydrogen-bond acceptors (Lipinski definition) is 3. The van der Waals surface area contributed by atoms with Crippen molar-refractivity contribution in [1.29, 1.82) is 0 Å². The lowest BCUT2D eigenvalue weighted by molar-refractivity contribution is -0.127. The molecule has 1 aromatic carbocycles. The zero-order valence-electron chi connectivity index (χ0n) is 10.7. The lowest BCUT2D eigenvalue weighted by atomic mass is 9.82. The first-order valence-electron chi connectivity index (χ1n) is 6.39. The summed E-state index contributed by atoms with van der Waals surface area (Å²) in [5, 5.41) is 25.0. The number of fused-ring (bicyclic) bond motifs is 1. The summed E-state index contributed by atoms with van der Waals surface area (Å²) in [6.07, 6.45) is 1.72. The molecule has 3 rings (SSSR count). The van der Waals surface area contributed by atoms with Gasteiger partial charge in [-0.3, -0.25) is 4.79 Å². The molecule has 0 saturated carbocycles. The van der Waals surface area contributed by atoms with Crippen LogP contribution >= 0.6 is 0 Å². The summed E-state index contributed by atoms with van der Waals surface area (Å²) in [4.78, 5) is 12.2. The highest BCUT2D eigenvalue weighted by Crippen LogP contribution is 2.34. The third-order valence-electron chi connectivity index (χ3n) is 3.60. The van der Waals surface area contributed by atoms with E-state index in [1.807, 2.05) is 0 Å². The smallest absolute Gasteiger partial charge is 0.253 e. The minimum absolute atomic E-state index is 0.178. The molecule has 104 valence electrons. The quantitative estimate of drug-likeness (QED) is 0.753. The van der Waals surface area contributed by atoms with Gasteiger partial charge in [-0.1, -0.05) is 0 Å². The molecular formula is C15H16O5+2. The zero-order chi connectivity index (χ0) is 14.3. The zero-order valence-corrected chi connectivity index (χ0v) is 10.7. The van der Waals surface area contributed by atoms with Gasteiger partial charge in [0.1, 0.15) is 11.9 Å². The van der Waals surface area contributed by atoms with Gasteiger partial charge in [0.15, 0.2) is 5.78 Å². The number of ether oxygens (including phenoxy) is 1. The third kappa shape index (κ3) is 2.16. The fraction of sp³-hybridized carbons (Fsp3) is 0.267. The molecule has 0 bridgehead atoms. The fourth-order valence-electron chi connectivity index (χ4n) is 2.59. The maximum atomic E-state index is 12.2. The summed E-state index contributed by atoms with van der Waals surface area (Å²) in [6, 6.07) is 6.67. The van der Waals surface area contributed by atoms with Crippen LogP contribution in [0.25, 0.3) is 5.76 Å². The van der Waals surface area contributed by atoms with Crippen LogP contribution in [0.5, 0.6) is 5.75 Å². The lowest BCUT2D eigenvalue weighted by Gasteiger charge is -2.34. The van der Waals surface area contributed by atoms with Gasteiger partial charge in [0, 0.05) is 29.8 Å². The third-order valence-corrected chi connectivity index (χ3v) is 3.60. The van der Waals surface area contributed by atoms with Gasteiger partial charge in [-0.2, -0.15) is 0 Å². The first-order chi connectivity index (χ1) is 9.54. The van der Waals surface area contributed by atoms with E-state index in [0.717, 1.165) is 0 Å². The summed E-state index contributed by atoms with van der Waals surface area (Å²) in [7, 11) is 0. The van der Waals surface area contributed by atoms with Crippen molar-refractivity contribution in [2.45, 2.75) is 18.6 Å². The molecule has 1 heterocycles. The van der Waals surface area contributed by atoms with Gasteiger partial charge in [0.05, 0.1) is 18.4 Å². The Morgan fingerprint density at radius 2 is 1.90 bits per heavy atom. The Kier molecular flexibility index (Phi) is 2.99. The normalized spacial score (nSPS) is 29.1. The van der Waals surface area contributed by atoms with Gasteiger partial charge in [-0.05, 0) is 12.1 Å². The van der Waals surface area contributed by atoms with Gasteiger partial charge in [0.25, 0.3) is 5.75 Å². The second kappa shape index (κ2) is 4.68. The van der Waals surface area contributed by atoms with E-state index < -0.39 is 18.1 Å². The molecule has 0 fully saturated rings. The maximum absolute atomic E-state index is 12.2. The van der Waals surface area contributed by atoms with Crippen molar-refractivity contribution in [2.24, 2.45) is 5.92 Å². The second-order valence-electron chi connectivity index (χ2n) is 5.06. The number of allylic oxidation sites excluding steroid dienone is 1. The number of hydrogen-bond donors (Lipinski definition) is 1. The molecule has 5 N–H and O–H groups in total. The van der Waals surface area contributed by atoms with E-state index in [0.29, 0.717) is 17.1 Å². The van der Waals surface area contributed by atoms with E-state index in [-0.39, 0.29) is 18.0 Å². The highest BCUT2D eigenvalue weighted by atomic mass is 16.5. The molecule has 2 aliphatic rings. The van der Waals surface area contributed by atoms with Gasteiger partial charge in [0.2, 0.25) is 5.76 Å². The number of carbonyl (C=O) groups excluding carboxylic acids is 1.